The molecule has 0 aromatic carbocycles. The molecule has 6 heteroatoms. The summed E-state index contributed by atoms with van der Waals surface area (Å²) in [5.74, 6) is 0. The second-order valence-electron chi connectivity index (χ2n) is 4.48. The molecule has 0 amide bonds. The van der Waals surface area contributed by atoms with Crippen molar-refractivity contribution in [2.45, 2.75) is 37.0 Å². The average molecular weight is 306 g/mol. The van der Waals surface area contributed by atoms with Crippen molar-refractivity contribution in [3.05, 3.63) is 16.9 Å². The Morgan fingerprint density at radius 2 is 2.38 bits per heavy atom. The predicted molar refractivity (Wildman–Crippen MR) is 68.0 cm³/mol. The number of rotatable bonds is 2. The molecule has 1 N–H and O–H groups in total. The summed E-state index contributed by atoms with van der Waals surface area (Å²) in [5.41, 5.74) is 0. The fourth-order valence-electron chi connectivity index (χ4n) is 2.28. The third kappa shape index (κ3) is 2.66. The summed E-state index contributed by atoms with van der Waals surface area (Å²) in [5, 5.41) is 4.29. The quantitative estimate of drug-likeness (QED) is 0.913. The topological polar surface area (TPSA) is 58.7 Å². The average Bonchev–Trinajstić information content (AvgIpc) is 2.64. The van der Waals surface area contributed by atoms with E-state index in [-0.39, 0.29) is 5.25 Å². The highest BCUT2D eigenvalue weighted by atomic mass is 79.9. The van der Waals surface area contributed by atoms with Crippen LogP contribution in [0.15, 0.2) is 16.9 Å². The number of halogens is 1. The minimum absolute atomic E-state index is 0.0224. The summed E-state index contributed by atoms with van der Waals surface area (Å²) >= 11 is 3.38. The first kappa shape index (κ1) is 12.1. The third-order valence-corrected chi connectivity index (χ3v) is 5.29. The lowest BCUT2D eigenvalue weighted by atomic mass is 9.95. The summed E-state index contributed by atoms with van der Waals surface area (Å²) in [6, 6.07) is 0.302. The van der Waals surface area contributed by atoms with Gasteiger partial charge in [-0.3, -0.25) is 9.46 Å². The number of nitrogens with zero attached hydrogens (tertiary/aromatic N) is 2. The molecular formula is C10H16BrN3OS. The van der Waals surface area contributed by atoms with Gasteiger partial charge in [0.2, 0.25) is 0 Å². The van der Waals surface area contributed by atoms with Crippen LogP contribution in [-0.4, -0.2) is 25.5 Å². The van der Waals surface area contributed by atoms with Crippen molar-refractivity contribution in [2.75, 3.05) is 6.26 Å². The van der Waals surface area contributed by atoms with E-state index in [4.69, 9.17) is 4.78 Å². The molecule has 0 bridgehead atoms. The van der Waals surface area contributed by atoms with Crippen molar-refractivity contribution in [2.24, 2.45) is 0 Å². The van der Waals surface area contributed by atoms with Crippen LogP contribution in [0.3, 0.4) is 0 Å². The lowest BCUT2D eigenvalue weighted by Gasteiger charge is -2.29. The lowest BCUT2D eigenvalue weighted by molar-refractivity contribution is 0.332. The van der Waals surface area contributed by atoms with Crippen LogP contribution in [0.1, 0.15) is 31.7 Å². The molecule has 1 aliphatic carbocycles. The zero-order valence-corrected chi connectivity index (χ0v) is 11.6. The van der Waals surface area contributed by atoms with Gasteiger partial charge in [0.25, 0.3) is 0 Å². The van der Waals surface area contributed by atoms with Crippen LogP contribution >= 0.6 is 15.9 Å². The Balaban J connectivity index is 2.13. The third-order valence-electron chi connectivity index (χ3n) is 3.18. The van der Waals surface area contributed by atoms with Crippen molar-refractivity contribution in [3.63, 3.8) is 0 Å². The molecule has 1 aromatic rings. The van der Waals surface area contributed by atoms with Gasteiger partial charge in [-0.15, -0.1) is 0 Å². The predicted octanol–water partition coefficient (Wildman–Crippen LogP) is 2.81. The van der Waals surface area contributed by atoms with Crippen LogP contribution in [0, 0.1) is 4.78 Å². The van der Waals surface area contributed by atoms with E-state index in [1.165, 1.54) is 0 Å². The van der Waals surface area contributed by atoms with E-state index in [0.29, 0.717) is 6.04 Å². The van der Waals surface area contributed by atoms with Gasteiger partial charge >= 0.3 is 0 Å². The smallest absolute Gasteiger partial charge is 0.0632 e. The molecule has 2 unspecified atom stereocenters. The fourth-order valence-corrected chi connectivity index (χ4v) is 3.79. The van der Waals surface area contributed by atoms with Gasteiger partial charge in [-0.05, 0) is 35.2 Å². The molecule has 90 valence electrons. The Bertz CT molecular complexity index is 468. The minimum atomic E-state index is -2.41. The maximum Gasteiger partial charge on any atom is 0.0632 e. The Morgan fingerprint density at radius 1 is 1.62 bits per heavy atom. The molecule has 3 atom stereocenters. The van der Waals surface area contributed by atoms with E-state index in [1.807, 2.05) is 10.9 Å². The van der Waals surface area contributed by atoms with Crippen molar-refractivity contribution < 1.29 is 4.21 Å². The number of hydrogen-bond acceptors (Lipinski definition) is 3. The van der Waals surface area contributed by atoms with Crippen LogP contribution < -0.4 is 0 Å². The van der Waals surface area contributed by atoms with E-state index in [1.54, 1.807) is 12.5 Å². The van der Waals surface area contributed by atoms with Gasteiger partial charge in [-0.25, -0.2) is 4.21 Å². The Hall–Kier alpha value is -0.360. The zero-order chi connectivity index (χ0) is 11.8. The van der Waals surface area contributed by atoms with E-state index in [0.717, 1.165) is 30.2 Å². The second kappa shape index (κ2) is 4.49. The van der Waals surface area contributed by atoms with Gasteiger partial charge in [0.05, 0.1) is 16.7 Å². The van der Waals surface area contributed by atoms with E-state index in [9.17, 15) is 4.21 Å². The zero-order valence-electron chi connectivity index (χ0n) is 9.23. The highest BCUT2D eigenvalue weighted by Crippen LogP contribution is 2.32. The molecule has 0 aliphatic heterocycles. The standard InChI is InChI=1S/C10H16BrN3OS/c1-16(12,15)10-4-2-3-9(5-10)14-7-8(11)6-13-14/h6-7,9-10,12H,2-5H2,1H3/t9?,10-,16?/m1/s1. The van der Waals surface area contributed by atoms with E-state index < -0.39 is 9.73 Å². The molecule has 1 saturated carbocycles. The molecular weight excluding hydrogens is 290 g/mol. The van der Waals surface area contributed by atoms with Crippen LogP contribution in [0.5, 0.6) is 0 Å². The highest BCUT2D eigenvalue weighted by molar-refractivity contribution is 9.10. The Morgan fingerprint density at radius 3 is 2.94 bits per heavy atom. The summed E-state index contributed by atoms with van der Waals surface area (Å²) in [4.78, 5) is 0. The number of hydrogen-bond donors (Lipinski definition) is 1. The number of aromatic nitrogens is 2. The molecule has 4 nitrogen and oxygen atoms in total. The molecule has 0 saturated heterocycles. The molecule has 2 rings (SSSR count). The van der Waals surface area contributed by atoms with Gasteiger partial charge in [-0.2, -0.15) is 5.10 Å². The second-order valence-corrected chi connectivity index (χ2v) is 7.88. The van der Waals surface area contributed by atoms with Crippen molar-refractivity contribution >= 4 is 25.7 Å². The van der Waals surface area contributed by atoms with E-state index >= 15 is 0 Å². The van der Waals surface area contributed by atoms with Gasteiger partial charge in [0.1, 0.15) is 0 Å². The summed E-state index contributed by atoms with van der Waals surface area (Å²) in [6.45, 7) is 0. The van der Waals surface area contributed by atoms with E-state index in [2.05, 4.69) is 21.0 Å². The SMILES string of the molecule is CS(=N)(=O)[C@@H]1CCCC(n2cc(Br)cn2)C1. The van der Waals surface area contributed by atoms with Crippen LogP contribution in [0.4, 0.5) is 0 Å². The Labute approximate surface area is 105 Å². The fraction of sp³-hybridized carbons (Fsp3) is 0.700. The Kier molecular flexibility index (Phi) is 3.39. The monoisotopic (exact) mass is 305 g/mol. The molecule has 1 heterocycles. The maximum atomic E-state index is 11.8. The van der Waals surface area contributed by atoms with Crippen molar-refractivity contribution in [1.29, 1.82) is 4.78 Å². The molecule has 1 aliphatic rings. The van der Waals surface area contributed by atoms with Crippen LogP contribution in [0.25, 0.3) is 0 Å². The molecule has 1 aromatic heterocycles. The first-order chi connectivity index (χ1) is 7.47. The maximum absolute atomic E-state index is 11.8. The summed E-state index contributed by atoms with van der Waals surface area (Å²) in [6.07, 6.45) is 9.11. The highest BCUT2D eigenvalue weighted by Gasteiger charge is 2.28. The van der Waals surface area contributed by atoms with Crippen LogP contribution in [0.2, 0.25) is 0 Å². The van der Waals surface area contributed by atoms with Gasteiger partial charge < -0.3 is 0 Å². The molecule has 0 spiro atoms. The molecule has 16 heavy (non-hydrogen) atoms. The van der Waals surface area contributed by atoms with Crippen molar-refractivity contribution in [1.82, 2.24) is 9.78 Å². The minimum Gasteiger partial charge on any atom is -0.268 e. The van der Waals surface area contributed by atoms with Crippen LogP contribution in [-0.2, 0) is 9.73 Å². The largest absolute Gasteiger partial charge is 0.268 e. The van der Waals surface area contributed by atoms with Crippen molar-refractivity contribution in [3.8, 4) is 0 Å². The first-order valence-electron chi connectivity index (χ1n) is 5.39. The van der Waals surface area contributed by atoms with Gasteiger partial charge in [0, 0.05) is 27.4 Å². The lowest BCUT2D eigenvalue weighted by Crippen LogP contribution is -2.28. The first-order valence-corrected chi connectivity index (χ1v) is 8.21. The summed E-state index contributed by atoms with van der Waals surface area (Å²) in [7, 11) is -2.41. The van der Waals surface area contributed by atoms with Gasteiger partial charge in [-0.1, -0.05) is 6.42 Å². The van der Waals surface area contributed by atoms with Gasteiger partial charge in [0.15, 0.2) is 0 Å². The number of nitrogens with one attached hydrogen (secondary N) is 1. The summed E-state index contributed by atoms with van der Waals surface area (Å²) < 4.78 is 22.3. The normalized spacial score (nSPS) is 29.9. The molecule has 1 fully saturated rings. The molecule has 0 radical (unpaired) electrons.